The highest BCUT2D eigenvalue weighted by atomic mass is 35.5. The normalized spacial score (nSPS) is 13.7. The molecule has 3 nitrogen and oxygen atoms in total. The summed E-state index contributed by atoms with van der Waals surface area (Å²) in [6, 6.07) is 7.80. The van der Waals surface area contributed by atoms with Crippen molar-refractivity contribution in [2.24, 2.45) is 0 Å². The molecule has 1 aliphatic rings. The molecule has 0 aliphatic heterocycles. The van der Waals surface area contributed by atoms with Crippen LogP contribution in [0.4, 0.5) is 0 Å². The third-order valence-electron chi connectivity index (χ3n) is 4.61. The van der Waals surface area contributed by atoms with Gasteiger partial charge < -0.3 is 0 Å². The maximum Gasteiger partial charge on any atom is 0.263 e. The Kier molecular flexibility index (Phi) is 5.20. The lowest BCUT2D eigenvalue weighted by atomic mass is 9.97. The molecule has 0 bridgehead atoms. The Balaban J connectivity index is 1.76. The summed E-state index contributed by atoms with van der Waals surface area (Å²) in [5.74, 6) is 0.723. The number of halogens is 1. The highest BCUT2D eigenvalue weighted by Crippen LogP contribution is 2.35. The highest BCUT2D eigenvalue weighted by molar-refractivity contribution is 7.98. The van der Waals surface area contributed by atoms with Crippen LogP contribution in [0.5, 0.6) is 0 Å². The summed E-state index contributed by atoms with van der Waals surface area (Å²) < 4.78 is 1.76. The van der Waals surface area contributed by atoms with E-state index in [-0.39, 0.29) is 5.56 Å². The average Bonchev–Trinajstić information content (AvgIpc) is 3.01. The van der Waals surface area contributed by atoms with Gasteiger partial charge in [-0.2, -0.15) is 0 Å². The molecular formula is C20H19ClN2OS2. The molecule has 2 aromatic heterocycles. The van der Waals surface area contributed by atoms with E-state index in [1.54, 1.807) is 33.7 Å². The van der Waals surface area contributed by atoms with Crippen molar-refractivity contribution in [3.8, 4) is 0 Å². The Labute approximate surface area is 165 Å². The van der Waals surface area contributed by atoms with Gasteiger partial charge in [-0.15, -0.1) is 17.9 Å². The lowest BCUT2D eigenvalue weighted by Gasteiger charge is -2.12. The largest absolute Gasteiger partial charge is 0.283 e. The molecule has 0 saturated carbocycles. The summed E-state index contributed by atoms with van der Waals surface area (Å²) in [5.41, 5.74) is 2.42. The van der Waals surface area contributed by atoms with E-state index in [0.29, 0.717) is 6.54 Å². The number of allylic oxidation sites excluding steroid dienone is 1. The maximum atomic E-state index is 13.2. The molecule has 0 atom stereocenters. The molecule has 0 unspecified atom stereocenters. The highest BCUT2D eigenvalue weighted by Gasteiger charge is 2.21. The molecule has 0 N–H and O–H groups in total. The number of rotatable bonds is 5. The van der Waals surface area contributed by atoms with E-state index >= 15 is 0 Å². The maximum absolute atomic E-state index is 13.2. The van der Waals surface area contributed by atoms with Gasteiger partial charge in [-0.25, -0.2) is 4.98 Å². The number of hydrogen-bond donors (Lipinski definition) is 0. The fourth-order valence-corrected chi connectivity index (χ4v) is 5.86. The molecule has 0 amide bonds. The summed E-state index contributed by atoms with van der Waals surface area (Å²) in [6.07, 6.45) is 6.19. The summed E-state index contributed by atoms with van der Waals surface area (Å²) in [4.78, 5) is 20.3. The first-order valence-corrected chi connectivity index (χ1v) is 10.9. The molecule has 2 heterocycles. The van der Waals surface area contributed by atoms with E-state index in [0.717, 1.165) is 51.0 Å². The number of thioether (sulfide) groups is 1. The van der Waals surface area contributed by atoms with Crippen molar-refractivity contribution in [3.05, 3.63) is 68.3 Å². The van der Waals surface area contributed by atoms with Gasteiger partial charge in [0.15, 0.2) is 5.16 Å². The van der Waals surface area contributed by atoms with Crippen LogP contribution in [-0.4, -0.2) is 9.55 Å². The first kappa shape index (κ1) is 17.8. The van der Waals surface area contributed by atoms with E-state index in [4.69, 9.17) is 16.6 Å². The van der Waals surface area contributed by atoms with Gasteiger partial charge in [0.2, 0.25) is 0 Å². The van der Waals surface area contributed by atoms with Gasteiger partial charge in [0.25, 0.3) is 5.56 Å². The van der Waals surface area contributed by atoms with Crippen LogP contribution in [0.15, 0.2) is 46.9 Å². The van der Waals surface area contributed by atoms with Gasteiger partial charge in [-0.1, -0.05) is 41.6 Å². The number of fused-ring (bicyclic) bond motifs is 3. The topological polar surface area (TPSA) is 34.9 Å². The monoisotopic (exact) mass is 402 g/mol. The average molecular weight is 403 g/mol. The first-order chi connectivity index (χ1) is 12.7. The minimum Gasteiger partial charge on any atom is -0.283 e. The van der Waals surface area contributed by atoms with Gasteiger partial charge >= 0.3 is 0 Å². The Morgan fingerprint density at radius 2 is 2.19 bits per heavy atom. The predicted octanol–water partition coefficient (Wildman–Crippen LogP) is 5.47. The molecule has 26 heavy (non-hydrogen) atoms. The third kappa shape index (κ3) is 3.36. The van der Waals surface area contributed by atoms with Crippen LogP contribution in [0.25, 0.3) is 10.2 Å². The fraction of sp³-hybridized carbons (Fsp3) is 0.300. The Morgan fingerprint density at radius 3 is 3.00 bits per heavy atom. The van der Waals surface area contributed by atoms with Crippen LogP contribution in [0.3, 0.4) is 0 Å². The van der Waals surface area contributed by atoms with Crippen molar-refractivity contribution in [2.45, 2.75) is 43.1 Å². The number of thiophene rings is 1. The van der Waals surface area contributed by atoms with E-state index in [2.05, 4.69) is 6.58 Å². The van der Waals surface area contributed by atoms with Crippen molar-refractivity contribution < 1.29 is 0 Å². The van der Waals surface area contributed by atoms with Gasteiger partial charge in [0.1, 0.15) is 4.83 Å². The van der Waals surface area contributed by atoms with Gasteiger partial charge in [-0.3, -0.25) is 9.36 Å². The second-order valence-corrected chi connectivity index (χ2v) is 8.87. The van der Waals surface area contributed by atoms with Gasteiger partial charge in [0, 0.05) is 22.2 Å². The zero-order valence-corrected chi connectivity index (χ0v) is 16.7. The molecule has 6 heteroatoms. The van der Waals surface area contributed by atoms with Crippen LogP contribution >= 0.6 is 34.7 Å². The van der Waals surface area contributed by atoms with E-state index in [1.807, 2.05) is 24.3 Å². The number of benzene rings is 1. The number of hydrogen-bond acceptors (Lipinski definition) is 4. The third-order valence-corrected chi connectivity index (χ3v) is 7.08. The number of nitrogens with zero attached hydrogens (tertiary/aromatic N) is 2. The van der Waals surface area contributed by atoms with Crippen molar-refractivity contribution >= 4 is 44.9 Å². The Morgan fingerprint density at radius 1 is 1.35 bits per heavy atom. The second kappa shape index (κ2) is 7.59. The van der Waals surface area contributed by atoms with Gasteiger partial charge in [0.05, 0.1) is 5.39 Å². The van der Waals surface area contributed by atoms with Crippen LogP contribution in [0, 0.1) is 0 Å². The molecule has 3 aromatic rings. The minimum atomic E-state index is 0.0721. The molecule has 0 spiro atoms. The van der Waals surface area contributed by atoms with Crippen molar-refractivity contribution in [1.82, 2.24) is 9.55 Å². The molecule has 4 rings (SSSR count). The SMILES string of the molecule is C=CCn1c(SCc2cccc(Cl)c2)nc2sc3c(c2c1=O)CCCC3. The van der Waals surface area contributed by atoms with Crippen LogP contribution in [0.2, 0.25) is 5.02 Å². The van der Waals surface area contributed by atoms with E-state index in [1.165, 1.54) is 16.9 Å². The lowest BCUT2D eigenvalue weighted by Crippen LogP contribution is -2.23. The van der Waals surface area contributed by atoms with Crippen molar-refractivity contribution in [2.75, 3.05) is 0 Å². The Bertz CT molecular complexity index is 1040. The molecule has 134 valence electrons. The standard InChI is InChI=1S/C20H19ClN2OS2/c1-2-10-23-19(24)17-15-8-3-4-9-16(15)26-18(17)22-20(23)25-12-13-6-5-7-14(21)11-13/h2,5-7,11H,1,3-4,8-10,12H2. The first-order valence-electron chi connectivity index (χ1n) is 8.70. The van der Waals surface area contributed by atoms with E-state index in [9.17, 15) is 4.79 Å². The van der Waals surface area contributed by atoms with Crippen LogP contribution in [-0.2, 0) is 25.1 Å². The quantitative estimate of drug-likeness (QED) is 0.322. The summed E-state index contributed by atoms with van der Waals surface area (Å²) in [7, 11) is 0. The van der Waals surface area contributed by atoms with E-state index < -0.39 is 0 Å². The fourth-order valence-electron chi connectivity index (χ4n) is 3.39. The van der Waals surface area contributed by atoms with Crippen LogP contribution < -0.4 is 5.56 Å². The smallest absolute Gasteiger partial charge is 0.263 e. The zero-order chi connectivity index (χ0) is 18.1. The van der Waals surface area contributed by atoms with Crippen molar-refractivity contribution in [3.63, 3.8) is 0 Å². The molecule has 1 aliphatic carbocycles. The Hall–Kier alpha value is -1.56. The molecule has 0 radical (unpaired) electrons. The lowest BCUT2D eigenvalue weighted by molar-refractivity contribution is 0.668. The molecule has 0 fully saturated rings. The number of aromatic nitrogens is 2. The summed E-state index contributed by atoms with van der Waals surface area (Å²) in [6.45, 7) is 4.29. The summed E-state index contributed by atoms with van der Waals surface area (Å²) in [5, 5.41) is 2.31. The number of aryl methyl sites for hydroxylation is 2. The van der Waals surface area contributed by atoms with Crippen LogP contribution in [0.1, 0.15) is 28.8 Å². The van der Waals surface area contributed by atoms with Crippen molar-refractivity contribution in [1.29, 1.82) is 0 Å². The van der Waals surface area contributed by atoms with Gasteiger partial charge in [-0.05, 0) is 48.9 Å². The molecule has 1 aromatic carbocycles. The summed E-state index contributed by atoms with van der Waals surface area (Å²) >= 11 is 9.35. The molecular weight excluding hydrogens is 384 g/mol. The minimum absolute atomic E-state index is 0.0721. The second-order valence-electron chi connectivity index (χ2n) is 6.41. The molecule has 0 saturated heterocycles. The predicted molar refractivity (Wildman–Crippen MR) is 112 cm³/mol. The zero-order valence-electron chi connectivity index (χ0n) is 14.3.